The average Bonchev–Trinajstić information content (AvgIpc) is 2.81. The highest BCUT2D eigenvalue weighted by molar-refractivity contribution is 5.79. The number of ether oxygens (including phenoxy) is 1. The van der Waals surface area contributed by atoms with E-state index in [1.165, 1.54) is 0 Å². The van der Waals surface area contributed by atoms with Crippen molar-refractivity contribution in [1.29, 1.82) is 0 Å². The van der Waals surface area contributed by atoms with E-state index in [1.807, 2.05) is 43.3 Å². The van der Waals surface area contributed by atoms with Crippen molar-refractivity contribution in [3.63, 3.8) is 0 Å². The van der Waals surface area contributed by atoms with Crippen LogP contribution in [0.3, 0.4) is 0 Å². The van der Waals surface area contributed by atoms with E-state index in [0.29, 0.717) is 19.7 Å². The van der Waals surface area contributed by atoms with Crippen molar-refractivity contribution < 1.29 is 9.53 Å². The van der Waals surface area contributed by atoms with Crippen LogP contribution in [0.1, 0.15) is 17.5 Å². The molecule has 1 aliphatic rings. The van der Waals surface area contributed by atoms with Gasteiger partial charge in [0.15, 0.2) is 0 Å². The summed E-state index contributed by atoms with van der Waals surface area (Å²) in [5.74, 6) is 1.79. The molecule has 1 unspecified atom stereocenters. The molecule has 5 nitrogen and oxygen atoms in total. The third-order valence-electron chi connectivity index (χ3n) is 4.18. The summed E-state index contributed by atoms with van der Waals surface area (Å²) in [5, 5.41) is 6.23. The van der Waals surface area contributed by atoms with Gasteiger partial charge in [0, 0.05) is 25.2 Å². The first-order valence-electron chi connectivity index (χ1n) is 8.37. The number of amides is 1. The maximum Gasteiger partial charge on any atom is 0.223 e. The van der Waals surface area contributed by atoms with Crippen LogP contribution in [-0.2, 0) is 11.2 Å². The van der Waals surface area contributed by atoms with Crippen molar-refractivity contribution >= 4 is 11.7 Å². The van der Waals surface area contributed by atoms with E-state index < -0.39 is 0 Å². The molecule has 1 aromatic heterocycles. The summed E-state index contributed by atoms with van der Waals surface area (Å²) in [7, 11) is 0. The molecule has 1 atom stereocenters. The van der Waals surface area contributed by atoms with Gasteiger partial charge in [-0.2, -0.15) is 0 Å². The number of nitrogens with zero attached hydrogens (tertiary/aromatic N) is 1. The van der Waals surface area contributed by atoms with Crippen molar-refractivity contribution in [2.45, 2.75) is 19.8 Å². The number of benzene rings is 1. The van der Waals surface area contributed by atoms with Gasteiger partial charge in [0.1, 0.15) is 11.6 Å². The number of aryl methyl sites for hydroxylation is 1. The first-order chi connectivity index (χ1) is 11.7. The minimum atomic E-state index is -0.0363. The summed E-state index contributed by atoms with van der Waals surface area (Å²) in [6.45, 7) is 3.84. The first kappa shape index (κ1) is 16.3. The van der Waals surface area contributed by atoms with Crippen LogP contribution in [0, 0.1) is 12.8 Å². The summed E-state index contributed by atoms with van der Waals surface area (Å²) in [5.41, 5.74) is 2.27. The molecule has 126 valence electrons. The van der Waals surface area contributed by atoms with Crippen LogP contribution >= 0.6 is 0 Å². The Kier molecular flexibility index (Phi) is 5.31. The molecule has 0 radical (unpaired) electrons. The Balaban J connectivity index is 1.47. The molecule has 1 aliphatic heterocycles. The lowest BCUT2D eigenvalue weighted by atomic mass is 9.96. The molecule has 2 aromatic rings. The van der Waals surface area contributed by atoms with Crippen LogP contribution in [0.2, 0.25) is 0 Å². The van der Waals surface area contributed by atoms with Crippen molar-refractivity contribution in [3.8, 4) is 5.75 Å². The van der Waals surface area contributed by atoms with Crippen LogP contribution in [0.25, 0.3) is 0 Å². The summed E-state index contributed by atoms with van der Waals surface area (Å²) >= 11 is 0. The fourth-order valence-electron chi connectivity index (χ4n) is 2.87. The van der Waals surface area contributed by atoms with Crippen molar-refractivity contribution in [2.75, 3.05) is 25.0 Å². The molecule has 5 heteroatoms. The van der Waals surface area contributed by atoms with Crippen molar-refractivity contribution in [2.24, 2.45) is 5.92 Å². The molecule has 24 heavy (non-hydrogen) atoms. The molecule has 1 amide bonds. The van der Waals surface area contributed by atoms with E-state index >= 15 is 0 Å². The predicted octanol–water partition coefficient (Wildman–Crippen LogP) is 2.56. The molecular weight excluding hydrogens is 302 g/mol. The van der Waals surface area contributed by atoms with Crippen molar-refractivity contribution in [3.05, 3.63) is 53.7 Å². The van der Waals surface area contributed by atoms with Gasteiger partial charge in [-0.15, -0.1) is 0 Å². The third kappa shape index (κ3) is 4.25. The van der Waals surface area contributed by atoms with Gasteiger partial charge in [-0.25, -0.2) is 4.98 Å². The van der Waals surface area contributed by atoms with Crippen LogP contribution in [0.4, 0.5) is 5.82 Å². The Morgan fingerprint density at radius 2 is 2.17 bits per heavy atom. The molecular formula is C19H23N3O2. The second-order valence-electron chi connectivity index (χ2n) is 6.08. The van der Waals surface area contributed by atoms with Gasteiger partial charge in [-0.05, 0) is 49.1 Å². The minimum Gasteiger partial charge on any atom is -0.493 e. The highest BCUT2D eigenvalue weighted by Crippen LogP contribution is 2.26. The van der Waals surface area contributed by atoms with Gasteiger partial charge < -0.3 is 15.4 Å². The number of rotatable bonds is 5. The SMILES string of the molecule is Cc1ccnc(NCCNC(=O)C2CCOc3ccccc3C2)c1. The molecule has 3 rings (SSSR count). The number of fused-ring (bicyclic) bond motifs is 1. The monoisotopic (exact) mass is 325 g/mol. The minimum absolute atomic E-state index is 0.0363. The van der Waals surface area contributed by atoms with Gasteiger partial charge >= 0.3 is 0 Å². The largest absolute Gasteiger partial charge is 0.493 e. The Hall–Kier alpha value is -2.56. The zero-order valence-electron chi connectivity index (χ0n) is 13.9. The lowest BCUT2D eigenvalue weighted by molar-refractivity contribution is -0.125. The Morgan fingerprint density at radius 3 is 3.04 bits per heavy atom. The van der Waals surface area contributed by atoms with Gasteiger partial charge in [-0.3, -0.25) is 4.79 Å². The van der Waals surface area contributed by atoms with Gasteiger partial charge in [0.25, 0.3) is 0 Å². The summed E-state index contributed by atoms with van der Waals surface area (Å²) in [6.07, 6.45) is 3.25. The topological polar surface area (TPSA) is 63.2 Å². The molecule has 0 bridgehead atoms. The number of hydrogen-bond acceptors (Lipinski definition) is 4. The zero-order chi connectivity index (χ0) is 16.8. The Labute approximate surface area is 142 Å². The summed E-state index contributed by atoms with van der Waals surface area (Å²) in [4.78, 5) is 16.7. The van der Waals surface area contributed by atoms with Gasteiger partial charge in [-0.1, -0.05) is 18.2 Å². The van der Waals surface area contributed by atoms with E-state index in [9.17, 15) is 4.79 Å². The number of pyridine rings is 1. The van der Waals surface area contributed by atoms with Crippen LogP contribution in [-0.4, -0.2) is 30.6 Å². The first-order valence-corrected chi connectivity index (χ1v) is 8.37. The fraction of sp³-hybridized carbons (Fsp3) is 0.368. The highest BCUT2D eigenvalue weighted by atomic mass is 16.5. The maximum absolute atomic E-state index is 12.4. The van der Waals surface area contributed by atoms with Crippen LogP contribution in [0.5, 0.6) is 5.75 Å². The Bertz CT molecular complexity index is 703. The van der Waals surface area contributed by atoms with Crippen LogP contribution < -0.4 is 15.4 Å². The van der Waals surface area contributed by atoms with Crippen LogP contribution in [0.15, 0.2) is 42.6 Å². The van der Waals surface area contributed by atoms with Crippen molar-refractivity contribution in [1.82, 2.24) is 10.3 Å². The molecule has 0 fully saturated rings. The average molecular weight is 325 g/mol. The normalized spacial score (nSPS) is 16.5. The number of anilines is 1. The van der Waals surface area contributed by atoms with E-state index in [-0.39, 0.29) is 11.8 Å². The quantitative estimate of drug-likeness (QED) is 0.829. The fourth-order valence-corrected chi connectivity index (χ4v) is 2.87. The van der Waals surface area contributed by atoms with E-state index in [0.717, 1.165) is 35.5 Å². The second kappa shape index (κ2) is 7.81. The number of hydrogen-bond donors (Lipinski definition) is 2. The molecule has 0 saturated carbocycles. The standard InChI is InChI=1S/C19H23N3O2/c1-14-6-8-20-18(12-14)21-9-10-22-19(23)16-7-11-24-17-5-3-2-4-15(17)13-16/h2-6,8,12,16H,7,9-11,13H2,1H3,(H,20,21)(H,22,23). The van der Waals surface area contributed by atoms with E-state index in [2.05, 4.69) is 15.6 Å². The molecule has 2 N–H and O–H groups in total. The highest BCUT2D eigenvalue weighted by Gasteiger charge is 2.23. The third-order valence-corrected chi connectivity index (χ3v) is 4.18. The zero-order valence-corrected chi connectivity index (χ0v) is 13.9. The number of carbonyl (C=O) groups excluding carboxylic acids is 1. The Morgan fingerprint density at radius 1 is 1.29 bits per heavy atom. The van der Waals surface area contributed by atoms with E-state index in [4.69, 9.17) is 4.74 Å². The number of aromatic nitrogens is 1. The molecule has 0 spiro atoms. The molecule has 0 aliphatic carbocycles. The number of carbonyl (C=O) groups is 1. The smallest absolute Gasteiger partial charge is 0.223 e. The number of para-hydroxylation sites is 1. The molecule has 2 heterocycles. The lowest BCUT2D eigenvalue weighted by Gasteiger charge is -2.14. The van der Waals surface area contributed by atoms with Gasteiger partial charge in [0.05, 0.1) is 6.61 Å². The maximum atomic E-state index is 12.4. The van der Waals surface area contributed by atoms with E-state index in [1.54, 1.807) is 6.20 Å². The van der Waals surface area contributed by atoms with Gasteiger partial charge in [0.2, 0.25) is 5.91 Å². The number of nitrogens with one attached hydrogen (secondary N) is 2. The second-order valence-corrected chi connectivity index (χ2v) is 6.08. The lowest BCUT2D eigenvalue weighted by Crippen LogP contribution is -2.35. The molecule has 1 aromatic carbocycles. The summed E-state index contributed by atoms with van der Waals surface area (Å²) < 4.78 is 5.72. The summed E-state index contributed by atoms with van der Waals surface area (Å²) in [6, 6.07) is 11.9. The predicted molar refractivity (Wildman–Crippen MR) is 94.2 cm³/mol. The molecule has 0 saturated heterocycles.